The molecule has 4 heteroatoms. The molecule has 0 aliphatic rings. The number of carbonyl (C=O) groups is 2. The molecule has 156 valence electrons. The molecule has 2 atom stereocenters. The summed E-state index contributed by atoms with van der Waals surface area (Å²) in [4.78, 5) is 24.0. The molecule has 29 heavy (non-hydrogen) atoms. The van der Waals surface area contributed by atoms with Crippen LogP contribution in [0, 0.1) is 5.92 Å². The summed E-state index contributed by atoms with van der Waals surface area (Å²) in [5.74, 6) is 0.463. The Bertz CT molecular complexity index is 752. The lowest BCUT2D eigenvalue weighted by atomic mass is 9.89. The zero-order valence-corrected chi connectivity index (χ0v) is 17.7. The number of carbonyl (C=O) groups excluding carboxylic acids is 2. The smallest absolute Gasteiger partial charge is 0.338 e. The number of hydrogen-bond acceptors (Lipinski definition) is 4. The van der Waals surface area contributed by atoms with Crippen molar-refractivity contribution in [1.82, 2.24) is 0 Å². The van der Waals surface area contributed by atoms with Crippen LogP contribution in [-0.4, -0.2) is 18.5 Å². The summed E-state index contributed by atoms with van der Waals surface area (Å²) in [6.45, 7) is 6.67. The van der Waals surface area contributed by atoms with Crippen molar-refractivity contribution in [3.05, 3.63) is 65.7 Å². The normalized spacial score (nSPS) is 12.8. The molecule has 0 spiro atoms. The van der Waals surface area contributed by atoms with E-state index >= 15 is 0 Å². The Morgan fingerprint density at radius 1 is 0.897 bits per heavy atom. The second kappa shape index (κ2) is 12.1. The first-order valence-electron chi connectivity index (χ1n) is 10.5. The van der Waals surface area contributed by atoms with Gasteiger partial charge in [0.15, 0.2) is 0 Å². The lowest BCUT2D eigenvalue weighted by Gasteiger charge is -2.20. The maximum atomic E-state index is 12.1. The van der Waals surface area contributed by atoms with Crippen molar-refractivity contribution in [3.8, 4) is 5.75 Å². The Balaban J connectivity index is 1.80. The average molecular weight is 397 g/mol. The highest BCUT2D eigenvalue weighted by atomic mass is 16.5. The van der Waals surface area contributed by atoms with Crippen molar-refractivity contribution in [2.24, 2.45) is 5.92 Å². The van der Waals surface area contributed by atoms with Crippen molar-refractivity contribution >= 4 is 11.9 Å². The third-order valence-electron chi connectivity index (χ3n) is 5.21. The van der Waals surface area contributed by atoms with Crippen LogP contribution >= 0.6 is 0 Å². The van der Waals surface area contributed by atoms with Gasteiger partial charge in [-0.2, -0.15) is 0 Å². The lowest BCUT2D eigenvalue weighted by molar-refractivity contribution is -0.134. The Morgan fingerprint density at radius 3 is 2.24 bits per heavy atom. The first-order chi connectivity index (χ1) is 14.0. The highest BCUT2D eigenvalue weighted by Crippen LogP contribution is 2.26. The summed E-state index contributed by atoms with van der Waals surface area (Å²) in [6.07, 6.45) is 4.70. The highest BCUT2D eigenvalue weighted by molar-refractivity contribution is 5.89. The molecule has 4 nitrogen and oxygen atoms in total. The second-order valence-electron chi connectivity index (χ2n) is 7.58. The van der Waals surface area contributed by atoms with Gasteiger partial charge in [0.05, 0.1) is 12.2 Å². The topological polar surface area (TPSA) is 52.6 Å². The van der Waals surface area contributed by atoms with Gasteiger partial charge < -0.3 is 9.47 Å². The van der Waals surface area contributed by atoms with E-state index in [1.54, 1.807) is 12.1 Å². The summed E-state index contributed by atoms with van der Waals surface area (Å²) >= 11 is 0. The molecule has 2 aromatic carbocycles. The molecule has 0 fully saturated rings. The van der Waals surface area contributed by atoms with Crippen LogP contribution in [0.3, 0.4) is 0 Å². The van der Waals surface area contributed by atoms with Crippen LogP contribution in [0.1, 0.15) is 74.7 Å². The Morgan fingerprint density at radius 2 is 1.59 bits per heavy atom. The molecule has 0 aromatic heterocycles. The fourth-order valence-corrected chi connectivity index (χ4v) is 3.06. The predicted octanol–water partition coefficient (Wildman–Crippen LogP) is 6.16. The van der Waals surface area contributed by atoms with Crippen molar-refractivity contribution in [2.45, 2.75) is 58.8 Å². The van der Waals surface area contributed by atoms with Crippen LogP contribution in [0.4, 0.5) is 0 Å². The van der Waals surface area contributed by atoms with E-state index in [1.807, 2.05) is 42.5 Å². The van der Waals surface area contributed by atoms with E-state index < -0.39 is 0 Å². The summed E-state index contributed by atoms with van der Waals surface area (Å²) in [6, 6.07) is 16.6. The van der Waals surface area contributed by atoms with Crippen LogP contribution < -0.4 is 4.74 Å². The zero-order valence-electron chi connectivity index (χ0n) is 17.7. The lowest BCUT2D eigenvalue weighted by Crippen LogP contribution is -2.17. The fraction of sp³-hybridized carbons (Fsp3) is 0.440. The van der Waals surface area contributed by atoms with Crippen molar-refractivity contribution < 1.29 is 19.1 Å². The Hall–Kier alpha value is -2.62. The molecule has 0 radical (unpaired) electrons. The first kappa shape index (κ1) is 22.7. The van der Waals surface area contributed by atoms with Crippen LogP contribution in [0.5, 0.6) is 5.75 Å². The summed E-state index contributed by atoms with van der Waals surface area (Å²) in [5.41, 5.74) is 1.68. The van der Waals surface area contributed by atoms with E-state index in [0.29, 0.717) is 24.3 Å². The quantitative estimate of drug-likeness (QED) is 0.259. The van der Waals surface area contributed by atoms with Crippen LogP contribution in [0.2, 0.25) is 0 Å². The highest BCUT2D eigenvalue weighted by Gasteiger charge is 2.17. The molecule has 0 amide bonds. The average Bonchev–Trinajstić information content (AvgIpc) is 2.75. The second-order valence-corrected chi connectivity index (χ2v) is 7.58. The molecule has 0 aliphatic heterocycles. The van der Waals surface area contributed by atoms with Crippen LogP contribution in [0.25, 0.3) is 0 Å². The zero-order chi connectivity index (χ0) is 21.1. The minimum atomic E-state index is -0.300. The van der Waals surface area contributed by atoms with Gasteiger partial charge in [0.2, 0.25) is 0 Å². The number of unbranched alkanes of at least 4 members (excludes halogenated alkanes) is 3. The van der Waals surface area contributed by atoms with Crippen molar-refractivity contribution in [1.29, 1.82) is 0 Å². The van der Waals surface area contributed by atoms with Gasteiger partial charge in [0, 0.05) is 6.42 Å². The molecule has 0 heterocycles. The number of ether oxygens (including phenoxy) is 2. The third-order valence-corrected chi connectivity index (χ3v) is 5.21. The van der Waals surface area contributed by atoms with Gasteiger partial charge in [0.1, 0.15) is 5.75 Å². The summed E-state index contributed by atoms with van der Waals surface area (Å²) in [5, 5.41) is 0. The largest absolute Gasteiger partial charge is 0.462 e. The minimum Gasteiger partial charge on any atom is -0.462 e. The Kier molecular flexibility index (Phi) is 9.42. The number of rotatable bonds is 11. The van der Waals surface area contributed by atoms with Gasteiger partial charge in [-0.1, -0.05) is 70.4 Å². The predicted molar refractivity (Wildman–Crippen MR) is 115 cm³/mol. The van der Waals surface area contributed by atoms with E-state index in [4.69, 9.17) is 9.47 Å². The van der Waals surface area contributed by atoms with Crippen molar-refractivity contribution in [3.63, 3.8) is 0 Å². The SMILES string of the molecule is CCCCCCC(=O)Oc1ccc(C(C)C(C)COC(=O)c2ccccc2)cc1. The molecule has 0 saturated heterocycles. The van der Waals surface area contributed by atoms with E-state index in [9.17, 15) is 9.59 Å². The Labute approximate surface area is 174 Å². The van der Waals surface area contributed by atoms with E-state index in [1.165, 1.54) is 0 Å². The first-order valence-corrected chi connectivity index (χ1v) is 10.5. The van der Waals surface area contributed by atoms with E-state index in [2.05, 4.69) is 20.8 Å². The molecule has 0 aliphatic carbocycles. The van der Waals surface area contributed by atoms with Gasteiger partial charge in [-0.15, -0.1) is 0 Å². The molecule has 2 unspecified atom stereocenters. The molecular formula is C25H32O4. The van der Waals surface area contributed by atoms with Crippen LogP contribution in [-0.2, 0) is 9.53 Å². The van der Waals surface area contributed by atoms with E-state index in [-0.39, 0.29) is 23.8 Å². The molecular weight excluding hydrogens is 364 g/mol. The van der Waals surface area contributed by atoms with E-state index in [0.717, 1.165) is 31.2 Å². The molecule has 0 N–H and O–H groups in total. The molecule has 2 rings (SSSR count). The van der Waals surface area contributed by atoms with Gasteiger partial charge >= 0.3 is 11.9 Å². The molecule has 2 aromatic rings. The van der Waals surface area contributed by atoms with Crippen LogP contribution in [0.15, 0.2) is 54.6 Å². The third kappa shape index (κ3) is 7.72. The van der Waals surface area contributed by atoms with Gasteiger partial charge in [-0.25, -0.2) is 4.79 Å². The summed E-state index contributed by atoms with van der Waals surface area (Å²) < 4.78 is 10.9. The molecule has 0 bridgehead atoms. The maximum Gasteiger partial charge on any atom is 0.338 e. The fourth-order valence-electron chi connectivity index (χ4n) is 3.06. The molecule has 0 saturated carbocycles. The minimum absolute atomic E-state index is 0.162. The van der Waals surface area contributed by atoms with Crippen molar-refractivity contribution in [2.75, 3.05) is 6.61 Å². The maximum absolute atomic E-state index is 12.1. The monoisotopic (exact) mass is 396 g/mol. The number of esters is 2. The summed E-state index contributed by atoms with van der Waals surface area (Å²) in [7, 11) is 0. The van der Waals surface area contributed by atoms with Gasteiger partial charge in [-0.05, 0) is 48.1 Å². The van der Waals surface area contributed by atoms with Gasteiger partial charge in [0.25, 0.3) is 0 Å². The number of benzene rings is 2. The standard InChI is InChI=1S/C25H32O4/c1-4-5-6-10-13-24(26)29-23-16-14-21(15-17-23)20(3)19(2)18-28-25(27)22-11-8-7-9-12-22/h7-9,11-12,14-17,19-20H,4-6,10,13,18H2,1-3H3. The number of hydrogen-bond donors (Lipinski definition) is 0. The van der Waals surface area contributed by atoms with Gasteiger partial charge in [-0.3, -0.25) is 4.79 Å².